The molecule has 0 bridgehead atoms. The van der Waals surface area contributed by atoms with Crippen molar-refractivity contribution in [1.82, 2.24) is 15.0 Å². The van der Waals surface area contributed by atoms with Gasteiger partial charge < -0.3 is 14.5 Å². The van der Waals surface area contributed by atoms with Crippen LogP contribution in [-0.2, 0) is 0 Å². The molecule has 3 aromatic rings. The lowest BCUT2D eigenvalue weighted by Gasteiger charge is -2.11. The Hall–Kier alpha value is -3.00. The van der Waals surface area contributed by atoms with Crippen LogP contribution in [-0.4, -0.2) is 28.7 Å². The molecule has 0 radical (unpaired) electrons. The first-order valence-corrected chi connectivity index (χ1v) is 6.38. The molecule has 5 nitrogen and oxygen atoms in total. The first kappa shape index (κ1) is 13.0. The number of rotatable bonds is 4. The molecule has 0 aliphatic heterocycles. The molecular formula is C16H13N3O2. The molecule has 0 unspecified atom stereocenters. The highest BCUT2D eigenvalue weighted by atomic mass is 16.5. The van der Waals surface area contributed by atoms with Gasteiger partial charge in [-0.25, -0.2) is 9.97 Å². The van der Waals surface area contributed by atoms with Crippen molar-refractivity contribution in [3.63, 3.8) is 0 Å². The Labute approximate surface area is 122 Å². The smallest absolute Gasteiger partial charge is 0.178 e. The van der Waals surface area contributed by atoms with Crippen molar-refractivity contribution in [2.75, 3.05) is 13.7 Å². The van der Waals surface area contributed by atoms with Gasteiger partial charge in [0.25, 0.3) is 0 Å². The van der Waals surface area contributed by atoms with Crippen LogP contribution in [0.5, 0.6) is 11.5 Å². The molecule has 21 heavy (non-hydrogen) atoms. The summed E-state index contributed by atoms with van der Waals surface area (Å²) < 4.78 is 11.0. The van der Waals surface area contributed by atoms with E-state index in [1.807, 2.05) is 30.3 Å². The highest BCUT2D eigenvalue weighted by molar-refractivity contribution is 5.80. The second-order valence-corrected chi connectivity index (χ2v) is 4.29. The Bertz CT molecular complexity index is 785. The summed E-state index contributed by atoms with van der Waals surface area (Å²) in [6.45, 7) is 0.179. The van der Waals surface area contributed by atoms with Crippen molar-refractivity contribution in [2.24, 2.45) is 0 Å². The van der Waals surface area contributed by atoms with Crippen LogP contribution in [0.1, 0.15) is 0 Å². The van der Waals surface area contributed by atoms with Crippen molar-refractivity contribution < 1.29 is 9.47 Å². The van der Waals surface area contributed by atoms with E-state index in [1.54, 1.807) is 13.3 Å². The Morgan fingerprint density at radius 3 is 2.86 bits per heavy atom. The SMILES string of the molecule is C#CCOc1cccc(OC)c1-c1nc2ncccc2[nH]1. The summed E-state index contributed by atoms with van der Waals surface area (Å²) in [6.07, 6.45) is 6.96. The van der Waals surface area contributed by atoms with Gasteiger partial charge in [0.05, 0.1) is 12.6 Å². The Morgan fingerprint density at radius 1 is 1.24 bits per heavy atom. The molecule has 0 saturated heterocycles. The van der Waals surface area contributed by atoms with Crippen LogP contribution >= 0.6 is 0 Å². The predicted molar refractivity (Wildman–Crippen MR) is 80.2 cm³/mol. The first-order chi connectivity index (χ1) is 10.3. The number of aromatic amines is 1. The van der Waals surface area contributed by atoms with Crippen LogP contribution in [0.25, 0.3) is 22.6 Å². The third-order valence-electron chi connectivity index (χ3n) is 3.01. The van der Waals surface area contributed by atoms with Crippen LogP contribution in [0, 0.1) is 12.3 Å². The number of pyridine rings is 1. The van der Waals surface area contributed by atoms with Gasteiger partial charge in [-0.1, -0.05) is 12.0 Å². The lowest BCUT2D eigenvalue weighted by molar-refractivity contribution is 0.365. The van der Waals surface area contributed by atoms with Crippen molar-refractivity contribution in [3.8, 4) is 35.2 Å². The monoisotopic (exact) mass is 279 g/mol. The average molecular weight is 279 g/mol. The van der Waals surface area contributed by atoms with E-state index in [9.17, 15) is 0 Å². The maximum Gasteiger partial charge on any atom is 0.178 e. The van der Waals surface area contributed by atoms with Crippen molar-refractivity contribution in [2.45, 2.75) is 0 Å². The van der Waals surface area contributed by atoms with Gasteiger partial charge in [0, 0.05) is 6.20 Å². The number of H-pyrrole nitrogens is 1. The molecule has 0 fully saturated rings. The van der Waals surface area contributed by atoms with Crippen LogP contribution in [0.3, 0.4) is 0 Å². The molecule has 1 aromatic carbocycles. The number of hydrogen-bond donors (Lipinski definition) is 1. The molecule has 5 heteroatoms. The van der Waals surface area contributed by atoms with Gasteiger partial charge in [-0.3, -0.25) is 0 Å². The van der Waals surface area contributed by atoms with Crippen LogP contribution in [0.2, 0.25) is 0 Å². The fourth-order valence-electron chi connectivity index (χ4n) is 2.12. The highest BCUT2D eigenvalue weighted by Gasteiger charge is 2.16. The molecule has 0 aliphatic rings. The molecule has 0 amide bonds. The average Bonchev–Trinajstić information content (AvgIpc) is 2.95. The molecule has 104 valence electrons. The summed E-state index contributed by atoms with van der Waals surface area (Å²) in [7, 11) is 1.60. The molecule has 0 aliphatic carbocycles. The normalized spacial score (nSPS) is 10.3. The Morgan fingerprint density at radius 2 is 2.10 bits per heavy atom. The molecule has 0 spiro atoms. The van der Waals surface area contributed by atoms with E-state index < -0.39 is 0 Å². The predicted octanol–water partition coefficient (Wildman–Crippen LogP) is 2.65. The second-order valence-electron chi connectivity index (χ2n) is 4.29. The molecule has 0 atom stereocenters. The molecule has 2 heterocycles. The third-order valence-corrected chi connectivity index (χ3v) is 3.01. The van der Waals surface area contributed by atoms with Crippen LogP contribution in [0.4, 0.5) is 0 Å². The largest absolute Gasteiger partial charge is 0.496 e. The fraction of sp³-hybridized carbons (Fsp3) is 0.125. The zero-order valence-corrected chi connectivity index (χ0v) is 11.5. The molecule has 2 aromatic heterocycles. The number of imidazole rings is 1. The number of aromatic nitrogens is 3. The van der Waals surface area contributed by atoms with Gasteiger partial charge in [-0.15, -0.1) is 6.42 Å². The lowest BCUT2D eigenvalue weighted by Crippen LogP contribution is -1.98. The van der Waals surface area contributed by atoms with Crippen molar-refractivity contribution >= 4 is 11.2 Å². The number of hydrogen-bond acceptors (Lipinski definition) is 4. The number of methoxy groups -OCH3 is 1. The van der Waals surface area contributed by atoms with Crippen LogP contribution in [0.15, 0.2) is 36.5 Å². The Balaban J connectivity index is 2.17. The van der Waals surface area contributed by atoms with Crippen molar-refractivity contribution in [1.29, 1.82) is 0 Å². The lowest BCUT2D eigenvalue weighted by atomic mass is 10.1. The van der Waals surface area contributed by atoms with Gasteiger partial charge in [0.15, 0.2) is 5.65 Å². The topological polar surface area (TPSA) is 60.0 Å². The van der Waals surface area contributed by atoms with Crippen molar-refractivity contribution in [3.05, 3.63) is 36.5 Å². The zero-order chi connectivity index (χ0) is 14.7. The minimum atomic E-state index is 0.179. The number of fused-ring (bicyclic) bond motifs is 1. The van der Waals surface area contributed by atoms with Gasteiger partial charge in [-0.2, -0.15) is 0 Å². The molecule has 0 saturated carbocycles. The summed E-state index contributed by atoms with van der Waals surface area (Å²) in [5.74, 6) is 4.36. The summed E-state index contributed by atoms with van der Waals surface area (Å²) in [5, 5.41) is 0. The standard InChI is InChI=1S/C16H13N3O2/c1-3-10-21-13-8-4-7-12(20-2)14(13)16-18-11-6-5-9-17-15(11)19-16/h1,4-9H,10H2,2H3,(H,17,18,19). The maximum absolute atomic E-state index is 5.58. The van der Waals surface area contributed by atoms with Gasteiger partial charge >= 0.3 is 0 Å². The minimum absolute atomic E-state index is 0.179. The molecular weight excluding hydrogens is 266 g/mol. The summed E-state index contributed by atoms with van der Waals surface area (Å²) in [5.41, 5.74) is 2.22. The summed E-state index contributed by atoms with van der Waals surface area (Å²) in [6, 6.07) is 9.28. The maximum atomic E-state index is 5.58. The summed E-state index contributed by atoms with van der Waals surface area (Å²) >= 11 is 0. The van der Waals surface area contributed by atoms with E-state index >= 15 is 0 Å². The second kappa shape index (κ2) is 5.55. The number of terminal acetylenes is 1. The number of benzene rings is 1. The van der Waals surface area contributed by atoms with Gasteiger partial charge in [0.2, 0.25) is 0 Å². The third kappa shape index (κ3) is 2.39. The van der Waals surface area contributed by atoms with Gasteiger partial charge in [-0.05, 0) is 24.3 Å². The van der Waals surface area contributed by atoms with Crippen LogP contribution < -0.4 is 9.47 Å². The Kier molecular flexibility index (Phi) is 3.44. The number of ether oxygens (including phenoxy) is 2. The van der Waals surface area contributed by atoms with Gasteiger partial charge in [0.1, 0.15) is 29.5 Å². The highest BCUT2D eigenvalue weighted by Crippen LogP contribution is 2.37. The van der Waals surface area contributed by atoms with E-state index in [0.717, 1.165) is 11.1 Å². The van der Waals surface area contributed by atoms with E-state index in [-0.39, 0.29) is 6.61 Å². The van der Waals surface area contributed by atoms with E-state index in [1.165, 1.54) is 0 Å². The van der Waals surface area contributed by atoms with E-state index in [0.29, 0.717) is 23.0 Å². The minimum Gasteiger partial charge on any atom is -0.496 e. The molecule has 3 rings (SSSR count). The van der Waals surface area contributed by atoms with E-state index in [2.05, 4.69) is 20.9 Å². The molecule has 1 N–H and O–H groups in total. The van der Waals surface area contributed by atoms with E-state index in [4.69, 9.17) is 15.9 Å². The first-order valence-electron chi connectivity index (χ1n) is 6.38. The number of nitrogens with zero attached hydrogens (tertiary/aromatic N) is 2. The zero-order valence-electron chi connectivity index (χ0n) is 11.5. The fourth-order valence-corrected chi connectivity index (χ4v) is 2.12. The summed E-state index contributed by atoms with van der Waals surface area (Å²) in [4.78, 5) is 11.9. The number of nitrogens with one attached hydrogen (secondary N) is 1. The quantitative estimate of drug-likeness (QED) is 0.746.